The van der Waals surface area contributed by atoms with Crippen molar-refractivity contribution in [2.45, 2.75) is 242 Å². The van der Waals surface area contributed by atoms with Crippen LogP contribution in [-0.4, -0.2) is 300 Å². The van der Waals surface area contributed by atoms with Crippen molar-refractivity contribution in [3.8, 4) is 5.75 Å². The maximum atomic E-state index is 15.6. The van der Waals surface area contributed by atoms with E-state index in [-0.39, 0.29) is 102 Å². The van der Waals surface area contributed by atoms with Crippen LogP contribution in [0.3, 0.4) is 0 Å². The summed E-state index contributed by atoms with van der Waals surface area (Å²) in [5.74, 6) is -16.6. The van der Waals surface area contributed by atoms with Gasteiger partial charge < -0.3 is 109 Å². The van der Waals surface area contributed by atoms with Crippen LogP contribution in [0.4, 0.5) is 0 Å². The summed E-state index contributed by atoms with van der Waals surface area (Å²) >= 11 is 0.789. The van der Waals surface area contributed by atoms with E-state index < -0.39 is 223 Å². The Morgan fingerprint density at radius 2 is 1.05 bits per heavy atom. The highest BCUT2D eigenvalue weighted by molar-refractivity contribution is 8.00. The summed E-state index contributed by atoms with van der Waals surface area (Å²) in [6.07, 6.45) is 7.16. The molecule has 0 bridgehead atoms. The number of rotatable bonds is 23. The van der Waals surface area contributed by atoms with Gasteiger partial charge in [-0.2, -0.15) is 0 Å². The number of carboxylic acid groups (broad SMARTS) is 1. The number of H-pyrrole nitrogens is 2. The van der Waals surface area contributed by atoms with Gasteiger partial charge in [0.25, 0.3) is 0 Å². The molecule has 0 unspecified atom stereocenters. The number of carbonyl (C=O) groups is 17. The molecule has 9 rings (SSSR count). The second-order valence-electron chi connectivity index (χ2n) is 34.0. The lowest BCUT2D eigenvalue weighted by Gasteiger charge is -2.36. The number of aromatic amines is 2. The summed E-state index contributed by atoms with van der Waals surface area (Å²) < 4.78 is 0. The summed E-state index contributed by atoms with van der Waals surface area (Å²) in [5, 5.41) is 59.4. The van der Waals surface area contributed by atoms with E-state index in [0.29, 0.717) is 69.8 Å². The molecule has 704 valence electrons. The lowest BCUT2D eigenvalue weighted by atomic mass is 9.99. The maximum Gasteiger partial charge on any atom is 0.303 e. The number of aromatic nitrogens is 2. The molecule has 0 spiro atoms. The van der Waals surface area contributed by atoms with Gasteiger partial charge >= 0.3 is 5.97 Å². The number of amides is 16. The van der Waals surface area contributed by atoms with E-state index in [1.54, 1.807) is 81.0 Å². The molecule has 3 saturated heterocycles. The third kappa shape index (κ3) is 27.4. The Morgan fingerprint density at radius 1 is 0.546 bits per heavy atom. The Bertz CT molecular complexity index is 5000. The van der Waals surface area contributed by atoms with Gasteiger partial charge in [-0.1, -0.05) is 102 Å². The zero-order valence-electron chi connectivity index (χ0n) is 74.8. The smallest absolute Gasteiger partial charge is 0.303 e. The molecule has 6 heterocycles. The molecule has 4 aliphatic rings. The quantitative estimate of drug-likeness (QED) is 0.0426. The summed E-state index contributed by atoms with van der Waals surface area (Å²) in [6.45, 7) is 8.13. The number of carbonyl (C=O) groups excluding carboxylic acids is 16. The average molecular weight is 1820 g/mol. The molecule has 40 heteroatoms. The topological polar surface area (TPSA) is 557 Å². The second kappa shape index (κ2) is 48.1. The third-order valence-electron chi connectivity index (χ3n) is 23.9. The number of aliphatic carboxylic acids is 1. The normalized spacial score (nSPS) is 25.2. The van der Waals surface area contributed by atoms with Gasteiger partial charge in [-0.25, -0.2) is 0 Å². The monoisotopic (exact) mass is 1820 g/mol. The molecular formula is C90H123N19O20S. The van der Waals surface area contributed by atoms with Crippen LogP contribution in [0.15, 0.2) is 102 Å². The predicted molar refractivity (Wildman–Crippen MR) is 481 cm³/mol. The van der Waals surface area contributed by atoms with Gasteiger partial charge in [0.1, 0.15) is 90.3 Å². The number of carboxylic acids is 1. The molecule has 4 aliphatic heterocycles. The van der Waals surface area contributed by atoms with E-state index in [0.717, 1.165) is 21.6 Å². The fourth-order valence-corrected chi connectivity index (χ4v) is 17.3. The number of primary amides is 1. The van der Waals surface area contributed by atoms with E-state index in [4.69, 9.17) is 5.73 Å². The molecule has 39 nitrogen and oxygen atoms in total. The number of para-hydroxylation sites is 2. The minimum atomic E-state index is -1.83. The summed E-state index contributed by atoms with van der Waals surface area (Å²) in [7, 11) is 3.98. The van der Waals surface area contributed by atoms with Crippen LogP contribution in [-0.2, 0) is 101 Å². The van der Waals surface area contributed by atoms with Crippen molar-refractivity contribution in [2.75, 3.05) is 58.9 Å². The number of nitrogens with two attached hydrogens (primary N) is 1. The van der Waals surface area contributed by atoms with E-state index >= 15 is 33.6 Å². The van der Waals surface area contributed by atoms with Crippen molar-refractivity contribution in [3.63, 3.8) is 0 Å². The van der Waals surface area contributed by atoms with E-state index in [1.807, 2.05) is 13.8 Å². The summed E-state index contributed by atoms with van der Waals surface area (Å²) in [4.78, 5) is 264. The largest absolute Gasteiger partial charge is 0.508 e. The van der Waals surface area contributed by atoms with Crippen LogP contribution >= 0.6 is 11.8 Å². The highest BCUT2D eigenvalue weighted by atomic mass is 32.2. The van der Waals surface area contributed by atoms with Crippen molar-refractivity contribution in [1.29, 1.82) is 0 Å². The number of unbranched alkanes of at least 4 members (excludes halogenated alkanes) is 2. The molecule has 5 aromatic rings. The molecule has 16 amide bonds. The lowest BCUT2D eigenvalue weighted by Crippen LogP contribution is -2.61. The molecular weight excluding hydrogens is 1700 g/mol. The molecule has 17 N–H and O–H groups in total. The Kier molecular flexibility index (Phi) is 37.3. The van der Waals surface area contributed by atoms with Crippen molar-refractivity contribution in [2.24, 2.45) is 16.6 Å². The number of aliphatic imine (C=N–C) groups is 1. The van der Waals surface area contributed by atoms with Crippen molar-refractivity contribution >= 4 is 140 Å². The zero-order chi connectivity index (χ0) is 94.7. The van der Waals surface area contributed by atoms with E-state index in [1.165, 1.54) is 80.2 Å². The number of aromatic hydroxyl groups is 1. The maximum absolute atomic E-state index is 15.6. The number of nitrogens with one attached hydrogen (secondary N) is 12. The summed E-state index contributed by atoms with van der Waals surface area (Å²) in [6, 6.07) is -0.588. The van der Waals surface area contributed by atoms with Gasteiger partial charge in [0, 0.05) is 119 Å². The van der Waals surface area contributed by atoms with Crippen molar-refractivity contribution in [3.05, 3.63) is 114 Å². The number of aliphatic hydroxyl groups is 1. The Hall–Kier alpha value is -12.8. The first-order valence-electron chi connectivity index (χ1n) is 44.2. The molecule has 130 heavy (non-hydrogen) atoms. The summed E-state index contributed by atoms with van der Waals surface area (Å²) in [5.41, 5.74) is 8.83. The number of thioether (sulfide) groups is 1. The molecule has 3 aromatic carbocycles. The number of likely N-dealkylation sites (N-methyl/N-ethyl adjacent to an activating group) is 3. The minimum absolute atomic E-state index is 0.0101. The Balaban J connectivity index is 1.07. The highest BCUT2D eigenvalue weighted by Crippen LogP contribution is 2.28. The van der Waals surface area contributed by atoms with Crippen LogP contribution in [0.2, 0.25) is 0 Å². The highest BCUT2D eigenvalue weighted by Gasteiger charge is 2.45. The number of hydrogen-bond donors (Lipinski definition) is 16. The Morgan fingerprint density at radius 3 is 1.61 bits per heavy atom. The first kappa shape index (κ1) is 101. The van der Waals surface area contributed by atoms with Gasteiger partial charge in [-0.15, -0.1) is 11.8 Å². The first-order chi connectivity index (χ1) is 62.0. The van der Waals surface area contributed by atoms with Gasteiger partial charge in [0.2, 0.25) is 94.5 Å². The molecule has 0 saturated carbocycles. The fraction of sp³-hybridized carbons (Fsp3) is 0.533. The van der Waals surface area contributed by atoms with E-state index in [9.17, 15) is 63.3 Å². The van der Waals surface area contributed by atoms with Crippen LogP contribution in [0.5, 0.6) is 5.75 Å². The molecule has 14 atom stereocenters. The zero-order valence-corrected chi connectivity index (χ0v) is 75.6. The number of fused-ring (bicyclic) bond motifs is 4. The van der Waals surface area contributed by atoms with Gasteiger partial charge in [-0.05, 0) is 124 Å². The minimum Gasteiger partial charge on any atom is -0.508 e. The SMILES string of the molecule is CCCC[C@H]1C(=O)N(C)[C@@H](CCCC)C(=O)N[C@@H](C)C(=O)N[C@H](C(=O)NCC(N)=O)CSCC(=O)N[C@@H](Cc2ccc(O)cc2)C(=O)N(C)[C@@H](C)C(=O)N[C@@H](CCC(=O)O)C(=O)N2CCC[C@H]2C(=O)N[C@@H](CC2=CN=CC2)C(=O)N[C@@H](CC(C)C)C(=O)N2CCC[C@H]2C(=O)N[C@@H](Cc2c[nH]c3ccccc23)C(=O)N[C@@H](CO)C(=O)N[C@@H](Cc2c[nH]c3ccccc23)C(=O)N1C. The van der Waals surface area contributed by atoms with Crippen molar-refractivity contribution < 1.29 is 96.8 Å². The molecule has 0 aliphatic carbocycles. The number of phenolic OH excluding ortho intramolecular Hbond substituents is 1. The number of aliphatic hydroxyl groups excluding tert-OH is 1. The molecule has 3 fully saturated rings. The number of hydrogen-bond acceptors (Lipinski definition) is 21. The molecule has 0 radical (unpaired) electrons. The number of nitrogens with zero attached hydrogens (tertiary/aromatic N) is 6. The van der Waals surface area contributed by atoms with Crippen LogP contribution in [0.1, 0.15) is 155 Å². The van der Waals surface area contributed by atoms with Crippen LogP contribution in [0, 0.1) is 5.92 Å². The second-order valence-corrected chi connectivity index (χ2v) is 35.0. The Labute approximate surface area is 757 Å². The van der Waals surface area contributed by atoms with Gasteiger partial charge in [-0.3, -0.25) is 86.5 Å². The third-order valence-corrected chi connectivity index (χ3v) is 24.9. The number of phenols is 1. The fourth-order valence-electron chi connectivity index (χ4n) is 16.4. The average Bonchev–Trinajstić information content (AvgIpc) is 1.59. The van der Waals surface area contributed by atoms with Gasteiger partial charge in [0.05, 0.1) is 18.9 Å². The van der Waals surface area contributed by atoms with Crippen molar-refractivity contribution in [1.82, 2.24) is 87.6 Å². The lowest BCUT2D eigenvalue weighted by molar-refractivity contribution is -0.149. The number of benzene rings is 3. The first-order valence-corrected chi connectivity index (χ1v) is 45.3. The van der Waals surface area contributed by atoms with Crippen LogP contribution in [0.25, 0.3) is 21.8 Å². The predicted octanol–water partition coefficient (Wildman–Crippen LogP) is 0.629. The standard InChI is InChI=1S/C90H123N19O20S/c1-10-12-24-70-83(122)96-51(5)77(116)104-69(79(118)95-46-74(91)112)48-130-49-75(113)97-66(39-53-28-30-57(111)31-29-53)86(125)105(7)52(6)78(117)98-62(32-33-76(114)115)88(127)108-36-18-26-71(108)84(123)99-63(40-54-34-35-92-43-54)80(119)101-65(38-50(3)4)89(128)109-37-19-27-72(109)85(124)100-64(41-55-44-93-60-22-16-14-20-58(55)60)81(120)103-68(47-110)82(121)102-67(42-56-45-94-61-23-17-15-21-59(56)61)87(126)107(9)73(25-13-11-2)90(129)106(70)8/h14-17,20-23,28-31,35,43-45,50-52,62-73,93-94,110-111H,10-13,18-19,24-27,32-34,36-42,46-49H2,1-9H3,(H2,91,112)(H,95,118)(H,96,122)(H,97,113)(H,98,117)(H,99,123)(H,100,124)(H,101,119)(H,102,121)(H,103,120)(H,104,116)(H,114,115)/t51-,52-,62-,63-,64-,65-,66-,67-,68-,69-,70-,71-,72-,73-/m0/s1. The van der Waals surface area contributed by atoms with E-state index in [2.05, 4.69) is 68.1 Å². The molecule has 2 aromatic heterocycles. The van der Waals surface area contributed by atoms with Crippen LogP contribution < -0.4 is 58.9 Å². The van der Waals surface area contributed by atoms with Gasteiger partial charge in [0.15, 0.2) is 0 Å².